The highest BCUT2D eigenvalue weighted by Crippen LogP contribution is 2.35. The van der Waals surface area contributed by atoms with Crippen LogP contribution in [0.3, 0.4) is 0 Å². The molecule has 36 heavy (non-hydrogen) atoms. The van der Waals surface area contributed by atoms with Gasteiger partial charge < -0.3 is 14.2 Å². The van der Waals surface area contributed by atoms with Crippen LogP contribution in [0.2, 0.25) is 0 Å². The zero-order valence-corrected chi connectivity index (χ0v) is 21.2. The van der Waals surface area contributed by atoms with E-state index in [4.69, 9.17) is 14.2 Å². The predicted octanol–water partition coefficient (Wildman–Crippen LogP) is 5.58. The lowest BCUT2D eigenvalue weighted by Gasteiger charge is -2.30. The number of hydrogen-bond donors (Lipinski definition) is 0. The maximum atomic E-state index is 13.6. The number of ketones is 2. The molecule has 0 bridgehead atoms. The quantitative estimate of drug-likeness (QED) is 0.348. The number of nitrogens with zero attached hydrogens (tertiary/aromatic N) is 1. The van der Waals surface area contributed by atoms with Crippen LogP contribution in [0.25, 0.3) is 0 Å². The minimum absolute atomic E-state index is 0.00699. The van der Waals surface area contributed by atoms with Crippen LogP contribution < -0.4 is 9.64 Å². The smallest absolute Gasteiger partial charge is 0.421 e. The van der Waals surface area contributed by atoms with Gasteiger partial charge in [-0.25, -0.2) is 9.69 Å². The highest BCUT2D eigenvalue weighted by Gasteiger charge is 2.37. The van der Waals surface area contributed by atoms with E-state index in [2.05, 4.69) is 0 Å². The highest BCUT2D eigenvalue weighted by molar-refractivity contribution is 6.21. The molecule has 0 aromatic heterocycles. The Balaban J connectivity index is 2.09. The number of ether oxygens (including phenoxy) is 3. The Morgan fingerprint density at radius 2 is 1.69 bits per heavy atom. The van der Waals surface area contributed by atoms with E-state index in [0.29, 0.717) is 18.6 Å². The molecule has 1 heterocycles. The number of rotatable bonds is 8. The number of amides is 2. The summed E-state index contributed by atoms with van der Waals surface area (Å²) in [6.45, 7) is 7.18. The molecule has 0 radical (unpaired) electrons. The number of carbonyl (C=O) groups is 4. The number of benzene rings is 2. The van der Waals surface area contributed by atoms with Crippen molar-refractivity contribution in [3.63, 3.8) is 0 Å². The molecule has 0 aliphatic carbocycles. The average Bonchev–Trinajstić information content (AvgIpc) is 2.85. The van der Waals surface area contributed by atoms with Gasteiger partial charge in [-0.15, -0.1) is 0 Å². The van der Waals surface area contributed by atoms with Crippen LogP contribution in [0.4, 0.5) is 10.5 Å². The summed E-state index contributed by atoms with van der Waals surface area (Å²) in [5, 5.41) is 0. The largest absolute Gasteiger partial charge is 0.464 e. The third kappa shape index (κ3) is 6.57. The van der Waals surface area contributed by atoms with Crippen molar-refractivity contribution >= 4 is 29.3 Å². The summed E-state index contributed by atoms with van der Waals surface area (Å²) >= 11 is 0. The Morgan fingerprint density at radius 3 is 2.31 bits per heavy atom. The van der Waals surface area contributed by atoms with E-state index in [0.717, 1.165) is 17.7 Å². The van der Waals surface area contributed by atoms with Crippen LogP contribution in [0.15, 0.2) is 48.5 Å². The van der Waals surface area contributed by atoms with Crippen LogP contribution in [0.1, 0.15) is 74.1 Å². The lowest BCUT2D eigenvalue weighted by molar-refractivity contribution is -0.125. The standard InChI is InChI=1S/C28H33NO7/c1-5-34-27(33)29(26(32)28(2,3)4)20-14-11-15-23(36-24-16-9-10-17-35-24)25(20)22(31)18-21(30)19-12-7-6-8-13-19/h6-8,11-15,24H,5,9-10,16-18H2,1-4H3. The molecule has 192 valence electrons. The molecule has 0 N–H and O–H groups in total. The Labute approximate surface area is 211 Å². The molecule has 1 saturated heterocycles. The van der Waals surface area contributed by atoms with E-state index in [1.54, 1.807) is 70.2 Å². The SMILES string of the molecule is CCOC(=O)N(C(=O)C(C)(C)C)c1cccc(OC2CCCCO2)c1C(=O)CC(=O)c1ccccc1. The molecule has 1 aliphatic heterocycles. The molecular formula is C28H33NO7. The van der Waals surface area contributed by atoms with Gasteiger partial charge in [0.15, 0.2) is 17.9 Å². The molecule has 1 aliphatic rings. The summed E-state index contributed by atoms with van der Waals surface area (Å²) in [4.78, 5) is 53.8. The van der Waals surface area contributed by atoms with E-state index in [1.807, 2.05) is 0 Å². The monoisotopic (exact) mass is 495 g/mol. The van der Waals surface area contributed by atoms with Gasteiger partial charge in [0, 0.05) is 17.4 Å². The zero-order valence-electron chi connectivity index (χ0n) is 21.2. The van der Waals surface area contributed by atoms with Gasteiger partial charge in [0.25, 0.3) is 0 Å². The van der Waals surface area contributed by atoms with Crippen molar-refractivity contribution in [3.05, 3.63) is 59.7 Å². The molecule has 1 atom stereocenters. The zero-order chi connectivity index (χ0) is 26.3. The van der Waals surface area contributed by atoms with Crippen LogP contribution in [0.5, 0.6) is 5.75 Å². The van der Waals surface area contributed by atoms with Crippen LogP contribution in [0, 0.1) is 5.41 Å². The van der Waals surface area contributed by atoms with Crippen molar-refractivity contribution in [2.24, 2.45) is 5.41 Å². The van der Waals surface area contributed by atoms with E-state index in [-0.39, 0.29) is 29.4 Å². The van der Waals surface area contributed by atoms with Gasteiger partial charge in [-0.1, -0.05) is 57.2 Å². The topological polar surface area (TPSA) is 99.2 Å². The lowest BCUT2D eigenvalue weighted by Crippen LogP contribution is -2.45. The molecule has 2 amide bonds. The second-order valence-electron chi connectivity index (χ2n) is 9.54. The van der Waals surface area contributed by atoms with E-state index >= 15 is 0 Å². The van der Waals surface area contributed by atoms with Crippen LogP contribution in [-0.2, 0) is 14.3 Å². The first kappa shape index (κ1) is 27.1. The predicted molar refractivity (Wildman–Crippen MR) is 134 cm³/mol. The summed E-state index contributed by atoms with van der Waals surface area (Å²) in [6.07, 6.45) is 0.477. The van der Waals surface area contributed by atoms with Gasteiger partial charge in [0.05, 0.1) is 30.9 Å². The normalized spacial score (nSPS) is 15.6. The summed E-state index contributed by atoms with van der Waals surface area (Å²) in [6, 6.07) is 13.1. The molecule has 8 heteroatoms. The molecule has 1 fully saturated rings. The highest BCUT2D eigenvalue weighted by atomic mass is 16.7. The first-order valence-corrected chi connectivity index (χ1v) is 12.2. The number of imide groups is 1. The second-order valence-corrected chi connectivity index (χ2v) is 9.54. The van der Waals surface area contributed by atoms with Gasteiger partial charge in [0.1, 0.15) is 5.75 Å². The Hall–Kier alpha value is -3.52. The van der Waals surface area contributed by atoms with Crippen molar-refractivity contribution in [1.82, 2.24) is 0 Å². The first-order valence-electron chi connectivity index (χ1n) is 12.2. The molecule has 0 spiro atoms. The molecule has 0 saturated carbocycles. The molecule has 2 aromatic rings. The van der Waals surface area contributed by atoms with Crippen molar-refractivity contribution < 1.29 is 33.4 Å². The first-order chi connectivity index (χ1) is 17.1. The second kappa shape index (κ2) is 11.9. The van der Waals surface area contributed by atoms with E-state index in [1.165, 1.54) is 6.07 Å². The molecule has 2 aromatic carbocycles. The molecule has 3 rings (SSSR count). The molecule has 1 unspecified atom stereocenters. The maximum absolute atomic E-state index is 13.6. The van der Waals surface area contributed by atoms with Crippen molar-refractivity contribution in [2.75, 3.05) is 18.1 Å². The molecule has 8 nitrogen and oxygen atoms in total. The summed E-state index contributed by atoms with van der Waals surface area (Å²) < 4.78 is 16.9. The van der Waals surface area contributed by atoms with Gasteiger partial charge in [-0.2, -0.15) is 0 Å². The van der Waals surface area contributed by atoms with Gasteiger partial charge >= 0.3 is 6.09 Å². The van der Waals surface area contributed by atoms with Gasteiger partial charge in [0.2, 0.25) is 5.91 Å². The Kier molecular flexibility index (Phi) is 8.98. The number of carbonyl (C=O) groups excluding carboxylic acids is 4. The number of anilines is 1. The van der Waals surface area contributed by atoms with Crippen molar-refractivity contribution in [2.45, 2.75) is 59.7 Å². The Bertz CT molecular complexity index is 1100. The van der Waals surface area contributed by atoms with Crippen molar-refractivity contribution in [3.8, 4) is 5.75 Å². The average molecular weight is 496 g/mol. The minimum atomic E-state index is -0.962. The lowest BCUT2D eigenvalue weighted by atomic mass is 9.93. The van der Waals surface area contributed by atoms with Crippen LogP contribution in [-0.4, -0.2) is 43.1 Å². The Morgan fingerprint density at radius 1 is 0.972 bits per heavy atom. The fraction of sp³-hybridized carbons (Fsp3) is 0.429. The minimum Gasteiger partial charge on any atom is -0.464 e. The fourth-order valence-electron chi connectivity index (χ4n) is 3.80. The van der Waals surface area contributed by atoms with Crippen molar-refractivity contribution in [1.29, 1.82) is 0 Å². The number of hydrogen-bond acceptors (Lipinski definition) is 7. The summed E-state index contributed by atoms with van der Waals surface area (Å²) in [5.41, 5.74) is -0.611. The molecular weight excluding hydrogens is 462 g/mol. The fourth-order valence-corrected chi connectivity index (χ4v) is 3.80. The maximum Gasteiger partial charge on any atom is 0.421 e. The van der Waals surface area contributed by atoms with E-state index in [9.17, 15) is 19.2 Å². The summed E-state index contributed by atoms with van der Waals surface area (Å²) in [5.74, 6) is -1.39. The van der Waals surface area contributed by atoms with Crippen LogP contribution >= 0.6 is 0 Å². The number of Topliss-reactive ketones (excluding diaryl/α,β-unsaturated/α-hetero) is 2. The third-order valence-electron chi connectivity index (χ3n) is 5.63. The summed E-state index contributed by atoms with van der Waals surface area (Å²) in [7, 11) is 0. The van der Waals surface area contributed by atoms with Gasteiger partial charge in [-0.05, 0) is 31.9 Å². The van der Waals surface area contributed by atoms with E-state index < -0.39 is 35.9 Å². The van der Waals surface area contributed by atoms with Gasteiger partial charge in [-0.3, -0.25) is 14.4 Å². The third-order valence-corrected chi connectivity index (χ3v) is 5.63.